The number of esters is 1. The van der Waals surface area contributed by atoms with E-state index >= 15 is 0 Å². The van der Waals surface area contributed by atoms with Gasteiger partial charge in [-0.05, 0) is 43.4 Å². The second kappa shape index (κ2) is 6.07. The van der Waals surface area contributed by atoms with E-state index in [4.69, 9.17) is 4.74 Å². The van der Waals surface area contributed by atoms with Crippen LogP contribution in [-0.2, 0) is 20.9 Å². The molecule has 1 saturated carbocycles. The monoisotopic (exact) mass is 305 g/mol. The number of benzene rings is 1. The molecule has 1 N–H and O–H groups in total. The van der Waals surface area contributed by atoms with Crippen LogP contribution in [0.3, 0.4) is 0 Å². The van der Waals surface area contributed by atoms with Crippen molar-refractivity contribution in [1.29, 1.82) is 0 Å². The molecule has 118 valence electrons. The molecule has 5 heteroatoms. The number of carbonyl (C=O) groups is 2. The van der Waals surface area contributed by atoms with E-state index in [1.54, 1.807) is 12.1 Å². The third-order valence-electron chi connectivity index (χ3n) is 4.70. The van der Waals surface area contributed by atoms with E-state index in [2.05, 4.69) is 5.32 Å². The summed E-state index contributed by atoms with van der Waals surface area (Å²) in [5.41, 5.74) is 0.0951. The normalized spacial score (nSPS) is 23.3. The SMILES string of the molecule is O=C1C[C@H](C(=O)NCc2cccc(F)c2)C2(CCCCC2)O1. The maximum atomic E-state index is 13.2. The summed E-state index contributed by atoms with van der Waals surface area (Å²) in [6.45, 7) is 0.261. The summed E-state index contributed by atoms with van der Waals surface area (Å²) >= 11 is 0. The maximum absolute atomic E-state index is 13.2. The standard InChI is InChI=1S/C17H20FNO3/c18-13-6-4-5-12(9-13)11-19-16(21)14-10-15(20)22-17(14)7-2-1-3-8-17/h4-6,9,14H,1-3,7-8,10-11H2,(H,19,21)/t14-/m1/s1. The van der Waals surface area contributed by atoms with Crippen molar-refractivity contribution in [2.45, 2.75) is 50.7 Å². The average Bonchev–Trinajstić information content (AvgIpc) is 2.82. The van der Waals surface area contributed by atoms with Crippen LogP contribution in [0.25, 0.3) is 0 Å². The Hall–Kier alpha value is -1.91. The molecule has 1 saturated heterocycles. The molecule has 4 nitrogen and oxygen atoms in total. The number of amides is 1. The van der Waals surface area contributed by atoms with Gasteiger partial charge in [-0.1, -0.05) is 18.6 Å². The molecular weight excluding hydrogens is 285 g/mol. The highest BCUT2D eigenvalue weighted by atomic mass is 19.1. The molecule has 2 aliphatic rings. The summed E-state index contributed by atoms with van der Waals surface area (Å²) in [6, 6.07) is 6.14. The molecule has 22 heavy (non-hydrogen) atoms. The Morgan fingerprint density at radius 1 is 1.32 bits per heavy atom. The molecule has 3 rings (SSSR count). The highest BCUT2D eigenvalue weighted by Crippen LogP contribution is 2.44. The molecule has 1 amide bonds. The van der Waals surface area contributed by atoms with Gasteiger partial charge in [0.25, 0.3) is 0 Å². The Morgan fingerprint density at radius 3 is 2.82 bits per heavy atom. The number of ether oxygens (including phenoxy) is 1. The van der Waals surface area contributed by atoms with Crippen LogP contribution >= 0.6 is 0 Å². The molecule has 0 radical (unpaired) electrons. The van der Waals surface area contributed by atoms with Gasteiger partial charge in [0, 0.05) is 6.54 Å². The minimum Gasteiger partial charge on any atom is -0.458 e. The molecular formula is C17H20FNO3. The predicted octanol–water partition coefficient (Wildman–Crippen LogP) is 2.71. The average molecular weight is 305 g/mol. The lowest BCUT2D eigenvalue weighted by molar-refractivity contribution is -0.153. The molecule has 0 bridgehead atoms. The molecule has 0 unspecified atom stereocenters. The van der Waals surface area contributed by atoms with Crippen molar-refractivity contribution in [3.05, 3.63) is 35.6 Å². The number of carbonyl (C=O) groups excluding carboxylic acids is 2. The van der Waals surface area contributed by atoms with Gasteiger partial charge in [-0.15, -0.1) is 0 Å². The van der Waals surface area contributed by atoms with Crippen molar-refractivity contribution >= 4 is 11.9 Å². The summed E-state index contributed by atoms with van der Waals surface area (Å²) in [5, 5.41) is 2.82. The molecule has 0 aromatic heterocycles. The Bertz CT molecular complexity index is 581. The van der Waals surface area contributed by atoms with Gasteiger partial charge in [0.1, 0.15) is 11.4 Å². The molecule has 1 atom stereocenters. The zero-order valence-electron chi connectivity index (χ0n) is 12.4. The Morgan fingerprint density at radius 2 is 2.09 bits per heavy atom. The van der Waals surface area contributed by atoms with Gasteiger partial charge in [0.2, 0.25) is 5.91 Å². The van der Waals surface area contributed by atoms with E-state index < -0.39 is 11.5 Å². The van der Waals surface area contributed by atoms with Crippen molar-refractivity contribution in [3.63, 3.8) is 0 Å². The fourth-order valence-corrected chi connectivity index (χ4v) is 3.58. The first-order valence-corrected chi connectivity index (χ1v) is 7.83. The van der Waals surface area contributed by atoms with E-state index in [0.29, 0.717) is 5.56 Å². The van der Waals surface area contributed by atoms with E-state index in [1.807, 2.05) is 0 Å². The van der Waals surface area contributed by atoms with Gasteiger partial charge in [0.05, 0.1) is 12.3 Å². The van der Waals surface area contributed by atoms with Crippen LogP contribution in [0.2, 0.25) is 0 Å². The van der Waals surface area contributed by atoms with Crippen LogP contribution in [0, 0.1) is 11.7 Å². The smallest absolute Gasteiger partial charge is 0.307 e. The summed E-state index contributed by atoms with van der Waals surface area (Å²) < 4.78 is 18.7. The number of rotatable bonds is 3. The first kappa shape index (κ1) is 15.0. The fourth-order valence-electron chi connectivity index (χ4n) is 3.58. The molecule has 1 heterocycles. The van der Waals surface area contributed by atoms with Crippen molar-refractivity contribution in [2.24, 2.45) is 5.92 Å². The molecule has 1 aliphatic carbocycles. The van der Waals surface area contributed by atoms with Crippen molar-refractivity contribution in [2.75, 3.05) is 0 Å². The van der Waals surface area contributed by atoms with E-state index in [-0.39, 0.29) is 30.7 Å². The maximum Gasteiger partial charge on any atom is 0.307 e. The van der Waals surface area contributed by atoms with Crippen LogP contribution in [0.15, 0.2) is 24.3 Å². The largest absolute Gasteiger partial charge is 0.458 e. The van der Waals surface area contributed by atoms with E-state index in [9.17, 15) is 14.0 Å². The second-order valence-corrected chi connectivity index (χ2v) is 6.20. The first-order valence-electron chi connectivity index (χ1n) is 7.83. The summed E-state index contributed by atoms with van der Waals surface area (Å²) in [5.74, 6) is -1.20. The highest BCUT2D eigenvalue weighted by molar-refractivity contribution is 5.87. The third kappa shape index (κ3) is 2.98. The van der Waals surface area contributed by atoms with Crippen LogP contribution in [0.1, 0.15) is 44.1 Å². The predicted molar refractivity (Wildman–Crippen MR) is 78.3 cm³/mol. The number of hydrogen-bond acceptors (Lipinski definition) is 3. The van der Waals surface area contributed by atoms with Crippen molar-refractivity contribution in [3.8, 4) is 0 Å². The van der Waals surface area contributed by atoms with Gasteiger partial charge < -0.3 is 10.1 Å². The first-order chi connectivity index (χ1) is 10.6. The highest BCUT2D eigenvalue weighted by Gasteiger charge is 2.52. The number of hydrogen-bond donors (Lipinski definition) is 1. The minimum atomic E-state index is -0.610. The fraction of sp³-hybridized carbons (Fsp3) is 0.529. The van der Waals surface area contributed by atoms with Crippen LogP contribution in [-0.4, -0.2) is 17.5 Å². The lowest BCUT2D eigenvalue weighted by atomic mass is 9.75. The lowest BCUT2D eigenvalue weighted by Gasteiger charge is -2.36. The molecule has 2 fully saturated rings. The van der Waals surface area contributed by atoms with Gasteiger partial charge in [-0.25, -0.2) is 4.39 Å². The second-order valence-electron chi connectivity index (χ2n) is 6.20. The van der Waals surface area contributed by atoms with Crippen molar-refractivity contribution < 1.29 is 18.7 Å². The Balaban J connectivity index is 1.66. The van der Waals surface area contributed by atoms with E-state index in [0.717, 1.165) is 32.1 Å². The van der Waals surface area contributed by atoms with Gasteiger partial charge in [0.15, 0.2) is 0 Å². The number of halogens is 1. The van der Waals surface area contributed by atoms with Crippen LogP contribution in [0.4, 0.5) is 4.39 Å². The molecule has 1 aromatic rings. The zero-order chi connectivity index (χ0) is 15.6. The third-order valence-corrected chi connectivity index (χ3v) is 4.70. The zero-order valence-corrected chi connectivity index (χ0v) is 12.4. The number of nitrogens with one attached hydrogen (secondary N) is 1. The quantitative estimate of drug-likeness (QED) is 0.874. The molecule has 1 aromatic carbocycles. The Labute approximate surface area is 129 Å². The Kier molecular flexibility index (Phi) is 4.14. The van der Waals surface area contributed by atoms with Crippen molar-refractivity contribution in [1.82, 2.24) is 5.32 Å². The summed E-state index contributed by atoms with van der Waals surface area (Å²) in [6.07, 6.45) is 4.77. The molecule has 1 spiro atoms. The minimum absolute atomic E-state index is 0.148. The van der Waals surface area contributed by atoms with Crippen LogP contribution < -0.4 is 5.32 Å². The van der Waals surface area contributed by atoms with Gasteiger partial charge >= 0.3 is 5.97 Å². The summed E-state index contributed by atoms with van der Waals surface area (Å²) in [4.78, 5) is 24.2. The lowest BCUT2D eigenvalue weighted by Crippen LogP contribution is -2.45. The van der Waals surface area contributed by atoms with E-state index in [1.165, 1.54) is 12.1 Å². The van der Waals surface area contributed by atoms with Gasteiger partial charge in [-0.2, -0.15) is 0 Å². The van der Waals surface area contributed by atoms with Crippen LogP contribution in [0.5, 0.6) is 0 Å². The van der Waals surface area contributed by atoms with Gasteiger partial charge in [-0.3, -0.25) is 9.59 Å². The summed E-state index contributed by atoms with van der Waals surface area (Å²) in [7, 11) is 0. The topological polar surface area (TPSA) is 55.4 Å². The molecule has 1 aliphatic heterocycles.